The lowest BCUT2D eigenvalue weighted by molar-refractivity contribution is -0.385. The van der Waals surface area contributed by atoms with Gasteiger partial charge in [-0.25, -0.2) is 4.98 Å². The first-order valence-electron chi connectivity index (χ1n) is 9.34. The molecule has 0 N–H and O–H groups in total. The van der Waals surface area contributed by atoms with Crippen LogP contribution in [0.4, 0.5) is 11.5 Å². The Morgan fingerprint density at radius 2 is 1.85 bits per heavy atom. The molecule has 2 aromatic rings. The highest BCUT2D eigenvalue weighted by atomic mass is 16.6. The van der Waals surface area contributed by atoms with Gasteiger partial charge in [-0.1, -0.05) is 18.2 Å². The number of carbonyl (C=O) groups excluding carboxylic acids is 1. The maximum absolute atomic E-state index is 12.6. The summed E-state index contributed by atoms with van der Waals surface area (Å²) in [7, 11) is 0. The molecule has 1 aliphatic carbocycles. The van der Waals surface area contributed by atoms with Gasteiger partial charge in [0, 0.05) is 32.2 Å². The lowest BCUT2D eigenvalue weighted by Crippen LogP contribution is -2.49. The van der Waals surface area contributed by atoms with E-state index in [0.717, 1.165) is 18.4 Å². The van der Waals surface area contributed by atoms with E-state index in [1.165, 1.54) is 29.8 Å². The Morgan fingerprint density at radius 3 is 2.56 bits per heavy atom. The molecule has 0 spiro atoms. The molecule has 1 saturated heterocycles. The standard InChI is InChI=1S/C20H22N4O3/c25-20(13-15-4-5-16-2-1-3-17(16)12-15)23-10-8-22(9-11-23)19-7-6-18(14-21-19)24(26)27/h4-7,12,14H,1-3,8-11,13H2. The molecular formula is C20H22N4O3. The SMILES string of the molecule is O=C(Cc1ccc2c(c1)CCC2)N1CCN(c2ccc([N+](=O)[O-])cn2)CC1. The molecule has 2 aliphatic rings. The van der Waals surface area contributed by atoms with Gasteiger partial charge in [0.25, 0.3) is 5.69 Å². The quantitative estimate of drug-likeness (QED) is 0.613. The van der Waals surface area contributed by atoms with Crippen LogP contribution in [0.2, 0.25) is 0 Å². The largest absolute Gasteiger partial charge is 0.353 e. The molecule has 1 aromatic carbocycles. The van der Waals surface area contributed by atoms with Crippen molar-refractivity contribution in [3.8, 4) is 0 Å². The van der Waals surface area contributed by atoms with E-state index in [1.54, 1.807) is 6.07 Å². The van der Waals surface area contributed by atoms with Crippen LogP contribution in [0.25, 0.3) is 0 Å². The molecule has 1 amide bonds. The first kappa shape index (κ1) is 17.5. The van der Waals surface area contributed by atoms with Crippen molar-refractivity contribution in [1.29, 1.82) is 0 Å². The van der Waals surface area contributed by atoms with Gasteiger partial charge in [0.1, 0.15) is 12.0 Å². The molecule has 1 aromatic heterocycles. The van der Waals surface area contributed by atoms with Crippen LogP contribution in [-0.4, -0.2) is 46.9 Å². The number of carbonyl (C=O) groups is 1. The van der Waals surface area contributed by atoms with E-state index in [2.05, 4.69) is 28.1 Å². The number of aryl methyl sites for hydroxylation is 2. The zero-order valence-electron chi connectivity index (χ0n) is 15.1. The number of nitrogens with zero attached hydrogens (tertiary/aromatic N) is 4. The van der Waals surface area contributed by atoms with Gasteiger partial charge in [0.05, 0.1) is 11.3 Å². The van der Waals surface area contributed by atoms with E-state index < -0.39 is 4.92 Å². The van der Waals surface area contributed by atoms with Crippen LogP contribution < -0.4 is 4.90 Å². The number of hydrogen-bond donors (Lipinski definition) is 0. The van der Waals surface area contributed by atoms with Crippen molar-refractivity contribution in [2.24, 2.45) is 0 Å². The molecule has 7 nitrogen and oxygen atoms in total. The maximum Gasteiger partial charge on any atom is 0.287 e. The summed E-state index contributed by atoms with van der Waals surface area (Å²) in [6, 6.07) is 9.58. The highest BCUT2D eigenvalue weighted by Gasteiger charge is 2.23. The number of fused-ring (bicyclic) bond motifs is 1. The van der Waals surface area contributed by atoms with Crippen LogP contribution in [0.5, 0.6) is 0 Å². The average Bonchev–Trinajstić information content (AvgIpc) is 3.16. The highest BCUT2D eigenvalue weighted by Crippen LogP contribution is 2.23. The molecule has 0 radical (unpaired) electrons. The van der Waals surface area contributed by atoms with Gasteiger partial charge in [0.2, 0.25) is 5.91 Å². The van der Waals surface area contributed by atoms with E-state index in [4.69, 9.17) is 0 Å². The Kier molecular flexibility index (Phi) is 4.75. The average molecular weight is 366 g/mol. The Bertz CT molecular complexity index is 858. The summed E-state index contributed by atoms with van der Waals surface area (Å²) in [5.74, 6) is 0.871. The Hall–Kier alpha value is -2.96. The predicted molar refractivity (Wildman–Crippen MR) is 102 cm³/mol. The third kappa shape index (κ3) is 3.77. The van der Waals surface area contributed by atoms with Gasteiger partial charge in [0.15, 0.2) is 0 Å². The van der Waals surface area contributed by atoms with Gasteiger partial charge in [-0.2, -0.15) is 0 Å². The number of amides is 1. The lowest BCUT2D eigenvalue weighted by atomic mass is 10.0. The van der Waals surface area contributed by atoms with Crippen molar-refractivity contribution in [3.63, 3.8) is 0 Å². The Morgan fingerprint density at radius 1 is 1.07 bits per heavy atom. The molecule has 7 heteroatoms. The third-order valence-electron chi connectivity index (χ3n) is 5.42. The number of benzene rings is 1. The second-order valence-electron chi connectivity index (χ2n) is 7.13. The van der Waals surface area contributed by atoms with Crippen molar-refractivity contribution in [1.82, 2.24) is 9.88 Å². The fourth-order valence-electron chi connectivity index (χ4n) is 3.88. The number of hydrogen-bond acceptors (Lipinski definition) is 5. The van der Waals surface area contributed by atoms with Crippen molar-refractivity contribution in [2.45, 2.75) is 25.7 Å². The molecule has 0 unspecified atom stereocenters. The first-order valence-corrected chi connectivity index (χ1v) is 9.34. The molecular weight excluding hydrogens is 344 g/mol. The summed E-state index contributed by atoms with van der Waals surface area (Å²) in [5, 5.41) is 10.7. The van der Waals surface area contributed by atoms with Crippen molar-refractivity contribution < 1.29 is 9.72 Å². The zero-order chi connectivity index (χ0) is 18.8. The summed E-state index contributed by atoms with van der Waals surface area (Å²) in [6.45, 7) is 2.65. The van der Waals surface area contributed by atoms with Crippen molar-refractivity contribution in [2.75, 3.05) is 31.1 Å². The summed E-state index contributed by atoms with van der Waals surface area (Å²) in [5.41, 5.74) is 3.91. The Balaban J connectivity index is 1.33. The summed E-state index contributed by atoms with van der Waals surface area (Å²) in [6.07, 6.45) is 5.22. The van der Waals surface area contributed by atoms with Crippen LogP contribution in [0.15, 0.2) is 36.5 Å². The summed E-state index contributed by atoms with van der Waals surface area (Å²) in [4.78, 5) is 31.1. The van der Waals surface area contributed by atoms with E-state index in [1.807, 2.05) is 4.90 Å². The van der Waals surface area contributed by atoms with Gasteiger partial charge >= 0.3 is 0 Å². The second kappa shape index (κ2) is 7.34. The number of aromatic nitrogens is 1. The topological polar surface area (TPSA) is 79.6 Å². The monoisotopic (exact) mass is 366 g/mol. The van der Waals surface area contributed by atoms with Crippen LogP contribution in [0.1, 0.15) is 23.1 Å². The number of rotatable bonds is 4. The van der Waals surface area contributed by atoms with Gasteiger partial charge < -0.3 is 9.80 Å². The van der Waals surface area contributed by atoms with E-state index in [0.29, 0.717) is 38.4 Å². The minimum Gasteiger partial charge on any atom is -0.353 e. The van der Waals surface area contributed by atoms with Crippen molar-refractivity contribution in [3.05, 3.63) is 63.3 Å². The van der Waals surface area contributed by atoms with Gasteiger partial charge in [-0.15, -0.1) is 0 Å². The zero-order valence-corrected chi connectivity index (χ0v) is 15.1. The molecule has 1 aliphatic heterocycles. The molecule has 4 rings (SSSR count). The Labute approximate surface area is 157 Å². The number of pyridine rings is 1. The molecule has 2 heterocycles. The molecule has 140 valence electrons. The third-order valence-corrected chi connectivity index (χ3v) is 5.42. The molecule has 0 bridgehead atoms. The fraction of sp³-hybridized carbons (Fsp3) is 0.400. The first-order chi connectivity index (χ1) is 13.1. The van der Waals surface area contributed by atoms with Crippen LogP contribution in [0, 0.1) is 10.1 Å². The fourth-order valence-corrected chi connectivity index (χ4v) is 3.88. The minimum atomic E-state index is -0.452. The van der Waals surface area contributed by atoms with Crippen LogP contribution >= 0.6 is 0 Å². The smallest absolute Gasteiger partial charge is 0.287 e. The molecule has 0 saturated carbocycles. The number of piperazine rings is 1. The predicted octanol–water partition coefficient (Wildman–Crippen LogP) is 2.37. The van der Waals surface area contributed by atoms with E-state index in [9.17, 15) is 14.9 Å². The normalized spacial score (nSPS) is 16.3. The van der Waals surface area contributed by atoms with Crippen LogP contribution in [0.3, 0.4) is 0 Å². The van der Waals surface area contributed by atoms with Crippen LogP contribution in [-0.2, 0) is 24.1 Å². The van der Waals surface area contributed by atoms with E-state index >= 15 is 0 Å². The highest BCUT2D eigenvalue weighted by molar-refractivity contribution is 5.79. The van der Waals surface area contributed by atoms with Gasteiger partial charge in [-0.05, 0) is 42.0 Å². The molecule has 27 heavy (non-hydrogen) atoms. The molecule has 0 atom stereocenters. The lowest BCUT2D eigenvalue weighted by Gasteiger charge is -2.35. The number of anilines is 1. The minimum absolute atomic E-state index is 0.0121. The van der Waals surface area contributed by atoms with Crippen molar-refractivity contribution >= 4 is 17.4 Å². The summed E-state index contributed by atoms with van der Waals surface area (Å²) < 4.78 is 0. The molecule has 1 fully saturated rings. The maximum atomic E-state index is 12.6. The van der Waals surface area contributed by atoms with Gasteiger partial charge in [-0.3, -0.25) is 14.9 Å². The number of nitro groups is 1. The van der Waals surface area contributed by atoms with E-state index in [-0.39, 0.29) is 11.6 Å². The second-order valence-corrected chi connectivity index (χ2v) is 7.13. The summed E-state index contributed by atoms with van der Waals surface area (Å²) >= 11 is 0.